The van der Waals surface area contributed by atoms with Gasteiger partial charge in [0.25, 0.3) is 0 Å². The van der Waals surface area contributed by atoms with Gasteiger partial charge in [-0.3, -0.25) is 19.3 Å². The lowest BCUT2D eigenvalue weighted by Gasteiger charge is -2.36. The van der Waals surface area contributed by atoms with Crippen LogP contribution in [0.15, 0.2) is 0 Å². The fourth-order valence-electron chi connectivity index (χ4n) is 3.36. The van der Waals surface area contributed by atoms with Crippen molar-refractivity contribution in [3.8, 4) is 0 Å². The quantitative estimate of drug-likeness (QED) is 0.659. The molecule has 0 saturated heterocycles. The lowest BCUT2D eigenvalue weighted by atomic mass is 9.96. The second-order valence-corrected chi connectivity index (χ2v) is 6.90. The zero-order valence-corrected chi connectivity index (χ0v) is 13.1. The first kappa shape index (κ1) is 16.9. The highest BCUT2D eigenvalue weighted by Crippen LogP contribution is 2.40. The van der Waals surface area contributed by atoms with E-state index in [0.29, 0.717) is 12.8 Å². The minimum atomic E-state index is -1.22. The smallest absolute Gasteiger partial charge is 0.305 e. The minimum absolute atomic E-state index is 0.169. The van der Waals surface area contributed by atoms with Crippen molar-refractivity contribution in [1.29, 1.82) is 0 Å². The number of nitrogens with zero attached hydrogens (tertiary/aromatic N) is 1. The number of carbonyl (C=O) groups excluding carboxylic acids is 2. The topological polar surface area (TPSA) is 127 Å². The van der Waals surface area contributed by atoms with Crippen molar-refractivity contribution in [2.45, 2.75) is 63.6 Å². The molecule has 2 aliphatic rings. The fourth-order valence-corrected chi connectivity index (χ4v) is 3.36. The number of aliphatic carboxylic acids is 1. The number of rotatable bonds is 5. The summed E-state index contributed by atoms with van der Waals surface area (Å²) in [4.78, 5) is 37.4. The second-order valence-electron chi connectivity index (χ2n) is 6.90. The Morgan fingerprint density at radius 3 is 2.14 bits per heavy atom. The van der Waals surface area contributed by atoms with Gasteiger partial charge < -0.3 is 16.6 Å². The summed E-state index contributed by atoms with van der Waals surface area (Å²) in [6.07, 6.45) is 2.47. The first-order valence-corrected chi connectivity index (χ1v) is 7.81. The predicted molar refractivity (Wildman–Crippen MR) is 79.6 cm³/mol. The maximum absolute atomic E-state index is 12.7. The van der Waals surface area contributed by atoms with E-state index in [1.807, 2.05) is 13.8 Å². The molecule has 2 unspecified atom stereocenters. The van der Waals surface area contributed by atoms with E-state index in [4.69, 9.17) is 16.6 Å². The van der Waals surface area contributed by atoms with Gasteiger partial charge in [0.15, 0.2) is 0 Å². The van der Waals surface area contributed by atoms with Crippen molar-refractivity contribution in [1.82, 2.24) is 4.90 Å². The molecule has 0 radical (unpaired) electrons. The lowest BCUT2D eigenvalue weighted by molar-refractivity contribution is -0.154. The van der Waals surface area contributed by atoms with Crippen LogP contribution >= 0.6 is 0 Å². The first-order valence-electron chi connectivity index (χ1n) is 7.81. The van der Waals surface area contributed by atoms with Crippen molar-refractivity contribution in [2.24, 2.45) is 23.3 Å². The average Bonchev–Trinajstić information content (AvgIpc) is 3.10. The summed E-state index contributed by atoms with van der Waals surface area (Å²) in [5.74, 6) is -1.84. The van der Waals surface area contributed by atoms with Gasteiger partial charge in [-0.25, -0.2) is 0 Å². The summed E-state index contributed by atoms with van der Waals surface area (Å²) in [5.41, 5.74) is 10.7. The first-order chi connectivity index (χ1) is 10.2. The van der Waals surface area contributed by atoms with Crippen LogP contribution in [-0.4, -0.2) is 45.4 Å². The molecule has 0 aromatic carbocycles. The Morgan fingerprint density at radius 2 is 1.73 bits per heavy atom. The van der Waals surface area contributed by atoms with Gasteiger partial charge in [-0.1, -0.05) is 13.8 Å². The number of nitrogens with two attached hydrogens (primary N) is 2. The van der Waals surface area contributed by atoms with Crippen molar-refractivity contribution >= 4 is 17.8 Å². The molecule has 5 N–H and O–H groups in total. The number of imide groups is 1. The van der Waals surface area contributed by atoms with Crippen LogP contribution in [-0.2, 0) is 14.4 Å². The Morgan fingerprint density at radius 1 is 1.23 bits per heavy atom. The van der Waals surface area contributed by atoms with E-state index in [2.05, 4.69) is 0 Å². The molecule has 22 heavy (non-hydrogen) atoms. The maximum atomic E-state index is 12.7. The van der Waals surface area contributed by atoms with Gasteiger partial charge in [0.2, 0.25) is 11.8 Å². The monoisotopic (exact) mass is 311 g/mol. The molecule has 2 saturated carbocycles. The molecule has 0 aliphatic heterocycles. The molecule has 7 heteroatoms. The van der Waals surface area contributed by atoms with Crippen LogP contribution in [0.4, 0.5) is 0 Å². The Balaban J connectivity index is 2.27. The summed E-state index contributed by atoms with van der Waals surface area (Å²) in [6, 6.07) is -1.47. The Kier molecular flexibility index (Phi) is 4.58. The highest BCUT2D eigenvalue weighted by Gasteiger charge is 2.53. The molecule has 0 aromatic rings. The molecule has 0 heterocycles. The number of hydrogen-bond donors (Lipinski definition) is 3. The molecule has 124 valence electrons. The van der Waals surface area contributed by atoms with Gasteiger partial charge in [-0.05, 0) is 37.5 Å². The van der Waals surface area contributed by atoms with Crippen molar-refractivity contribution in [3.63, 3.8) is 0 Å². The molecular weight excluding hydrogens is 286 g/mol. The molecule has 7 nitrogen and oxygen atoms in total. The zero-order valence-electron chi connectivity index (χ0n) is 13.1. The lowest BCUT2D eigenvalue weighted by Crippen LogP contribution is -2.59. The van der Waals surface area contributed by atoms with E-state index < -0.39 is 35.8 Å². The predicted octanol–water partition coefficient (Wildman–Crippen LogP) is 0.0695. The molecule has 2 aliphatic carbocycles. The van der Waals surface area contributed by atoms with Crippen molar-refractivity contribution < 1.29 is 19.5 Å². The number of carboxylic acid groups (broad SMARTS) is 1. The summed E-state index contributed by atoms with van der Waals surface area (Å²) in [6.45, 7) is 4.00. The van der Waals surface area contributed by atoms with Gasteiger partial charge >= 0.3 is 5.97 Å². The van der Waals surface area contributed by atoms with E-state index in [1.165, 1.54) is 4.90 Å². The fraction of sp³-hybridized carbons (Fsp3) is 0.800. The third-order valence-corrected chi connectivity index (χ3v) is 4.92. The minimum Gasteiger partial charge on any atom is -0.481 e. The van der Waals surface area contributed by atoms with Gasteiger partial charge in [-0.2, -0.15) is 0 Å². The van der Waals surface area contributed by atoms with Crippen LogP contribution < -0.4 is 11.5 Å². The summed E-state index contributed by atoms with van der Waals surface area (Å²) in [5, 5.41) is 8.83. The van der Waals surface area contributed by atoms with E-state index in [-0.39, 0.29) is 17.9 Å². The molecule has 0 bridgehead atoms. The number of hydrogen-bond acceptors (Lipinski definition) is 5. The Bertz CT molecular complexity index is 479. The Labute approximate surface area is 130 Å². The van der Waals surface area contributed by atoms with Crippen LogP contribution in [0.5, 0.6) is 0 Å². The standard InChI is InChI=1S/C15H25N3O4/c1-8-3-4-9(2)12(8)18(14(22)15(17)5-6-15)13(21)10(16)7-11(19)20/h8-10,12H,3-7,16-17H2,1-2H3,(H,19,20)/t8?,9?,10-,12?/m0/s1. The van der Waals surface area contributed by atoms with E-state index >= 15 is 0 Å². The molecule has 0 spiro atoms. The van der Waals surface area contributed by atoms with Crippen LogP contribution in [0.3, 0.4) is 0 Å². The maximum Gasteiger partial charge on any atom is 0.305 e. The number of carboxylic acids is 1. The van der Waals surface area contributed by atoms with Gasteiger partial charge in [0.05, 0.1) is 18.0 Å². The van der Waals surface area contributed by atoms with Crippen LogP contribution in [0, 0.1) is 11.8 Å². The van der Waals surface area contributed by atoms with Gasteiger partial charge in [0, 0.05) is 6.04 Å². The molecule has 3 atom stereocenters. The molecular formula is C15H25N3O4. The largest absolute Gasteiger partial charge is 0.481 e. The highest BCUT2D eigenvalue weighted by atomic mass is 16.4. The molecule has 2 amide bonds. The second kappa shape index (κ2) is 5.96. The Hall–Kier alpha value is -1.47. The number of amides is 2. The molecule has 0 aromatic heterocycles. The van der Waals surface area contributed by atoms with Crippen molar-refractivity contribution in [2.75, 3.05) is 0 Å². The summed E-state index contributed by atoms with van der Waals surface area (Å²) < 4.78 is 0. The molecule has 2 fully saturated rings. The number of carbonyl (C=O) groups is 3. The van der Waals surface area contributed by atoms with Crippen LogP contribution in [0.1, 0.15) is 46.0 Å². The van der Waals surface area contributed by atoms with E-state index in [1.54, 1.807) is 0 Å². The normalized spacial score (nSPS) is 30.6. The third-order valence-electron chi connectivity index (χ3n) is 4.92. The molecule has 2 rings (SSSR count). The van der Waals surface area contributed by atoms with Crippen molar-refractivity contribution in [3.05, 3.63) is 0 Å². The summed E-state index contributed by atoms with van der Waals surface area (Å²) >= 11 is 0. The third kappa shape index (κ3) is 3.15. The van der Waals surface area contributed by atoms with Crippen LogP contribution in [0.25, 0.3) is 0 Å². The van der Waals surface area contributed by atoms with E-state index in [9.17, 15) is 14.4 Å². The average molecular weight is 311 g/mol. The summed E-state index contributed by atoms with van der Waals surface area (Å²) in [7, 11) is 0. The SMILES string of the molecule is CC1CCC(C)C1N(C(=O)[C@@H](N)CC(=O)O)C(=O)C1(N)CC1. The highest BCUT2D eigenvalue weighted by molar-refractivity contribution is 6.04. The van der Waals surface area contributed by atoms with Gasteiger partial charge in [-0.15, -0.1) is 0 Å². The van der Waals surface area contributed by atoms with Crippen LogP contribution in [0.2, 0.25) is 0 Å². The van der Waals surface area contributed by atoms with E-state index in [0.717, 1.165) is 12.8 Å². The van der Waals surface area contributed by atoms with Gasteiger partial charge in [0.1, 0.15) is 0 Å². The zero-order chi connectivity index (χ0) is 16.7.